The van der Waals surface area contributed by atoms with Gasteiger partial charge in [-0.1, -0.05) is 13.8 Å². The van der Waals surface area contributed by atoms with Crippen LogP contribution in [0.2, 0.25) is 0 Å². The number of rotatable bonds is 6. The van der Waals surface area contributed by atoms with Gasteiger partial charge in [0.1, 0.15) is 0 Å². The van der Waals surface area contributed by atoms with Gasteiger partial charge in [-0.15, -0.1) is 0 Å². The van der Waals surface area contributed by atoms with Gasteiger partial charge in [0.2, 0.25) is 11.9 Å². The van der Waals surface area contributed by atoms with Crippen molar-refractivity contribution in [2.75, 3.05) is 24.5 Å². The highest BCUT2D eigenvalue weighted by atomic mass is 16.2. The fourth-order valence-electron chi connectivity index (χ4n) is 3.02. The van der Waals surface area contributed by atoms with Gasteiger partial charge in [-0.2, -0.15) is 0 Å². The van der Waals surface area contributed by atoms with E-state index in [-0.39, 0.29) is 11.9 Å². The van der Waals surface area contributed by atoms with Gasteiger partial charge in [0.15, 0.2) is 0 Å². The van der Waals surface area contributed by atoms with Crippen molar-refractivity contribution in [3.05, 3.63) is 18.5 Å². The number of hydrogen-bond donors (Lipinski definition) is 2. The molecule has 1 aromatic heterocycles. The summed E-state index contributed by atoms with van der Waals surface area (Å²) >= 11 is 0. The van der Waals surface area contributed by atoms with E-state index >= 15 is 0 Å². The maximum absolute atomic E-state index is 12.6. The summed E-state index contributed by atoms with van der Waals surface area (Å²) in [6.45, 7) is 6.13. The molecule has 22 heavy (non-hydrogen) atoms. The van der Waals surface area contributed by atoms with Gasteiger partial charge in [0, 0.05) is 38.1 Å². The smallest absolute Gasteiger partial charge is 0.227 e. The van der Waals surface area contributed by atoms with Crippen molar-refractivity contribution in [1.29, 1.82) is 0 Å². The minimum Gasteiger partial charge on any atom is -0.351 e. The maximum Gasteiger partial charge on any atom is 0.227 e. The van der Waals surface area contributed by atoms with Crippen LogP contribution in [-0.2, 0) is 4.79 Å². The normalized spacial score (nSPS) is 19.0. The zero-order valence-electron chi connectivity index (χ0n) is 13.6. The number of amides is 1. The first-order valence-corrected chi connectivity index (χ1v) is 8.18. The number of nitrogens with one attached hydrogen (secondary N) is 1. The van der Waals surface area contributed by atoms with Crippen LogP contribution in [0.4, 0.5) is 5.95 Å². The number of carbonyl (C=O) groups is 1. The molecule has 1 aliphatic rings. The standard InChI is InChI=1S/C16H27N5O/c1-3-16(4-2,12-17)14(22)20-13-7-5-10-21(11-13)15-18-8-6-9-19-15/h6,8-9,13H,3-5,7,10-12,17H2,1-2H3,(H,20,22). The topological polar surface area (TPSA) is 84.1 Å². The lowest BCUT2D eigenvalue weighted by Crippen LogP contribution is -2.53. The van der Waals surface area contributed by atoms with Crippen molar-refractivity contribution in [2.24, 2.45) is 11.1 Å². The second-order valence-corrected chi connectivity index (χ2v) is 6.00. The minimum atomic E-state index is -0.439. The number of anilines is 1. The zero-order chi connectivity index (χ0) is 16.0. The highest BCUT2D eigenvalue weighted by molar-refractivity contribution is 5.83. The summed E-state index contributed by atoms with van der Waals surface area (Å²) in [6, 6.07) is 1.94. The van der Waals surface area contributed by atoms with Crippen molar-refractivity contribution in [3.63, 3.8) is 0 Å². The molecule has 0 aliphatic carbocycles. The summed E-state index contributed by atoms with van der Waals surface area (Å²) < 4.78 is 0. The van der Waals surface area contributed by atoms with Crippen LogP contribution in [0, 0.1) is 5.41 Å². The molecule has 3 N–H and O–H groups in total. The van der Waals surface area contributed by atoms with Crippen molar-refractivity contribution in [2.45, 2.75) is 45.6 Å². The molecule has 1 amide bonds. The molecule has 1 aliphatic heterocycles. The zero-order valence-corrected chi connectivity index (χ0v) is 13.6. The number of carbonyl (C=O) groups excluding carboxylic acids is 1. The average molecular weight is 305 g/mol. The summed E-state index contributed by atoms with van der Waals surface area (Å²) in [5.41, 5.74) is 5.42. The van der Waals surface area contributed by atoms with Gasteiger partial charge in [0.25, 0.3) is 0 Å². The monoisotopic (exact) mass is 305 g/mol. The van der Waals surface area contributed by atoms with E-state index in [9.17, 15) is 4.79 Å². The van der Waals surface area contributed by atoms with Crippen LogP contribution in [0.3, 0.4) is 0 Å². The number of aromatic nitrogens is 2. The van der Waals surface area contributed by atoms with Gasteiger partial charge < -0.3 is 16.0 Å². The molecule has 1 aromatic rings. The minimum absolute atomic E-state index is 0.0841. The van der Waals surface area contributed by atoms with E-state index < -0.39 is 5.41 Å². The molecule has 1 unspecified atom stereocenters. The lowest BCUT2D eigenvalue weighted by atomic mass is 9.81. The Labute approximate surface area is 132 Å². The molecule has 6 nitrogen and oxygen atoms in total. The molecule has 1 atom stereocenters. The Morgan fingerprint density at radius 3 is 2.68 bits per heavy atom. The molecule has 0 saturated carbocycles. The number of piperidine rings is 1. The Morgan fingerprint density at radius 2 is 2.09 bits per heavy atom. The molecule has 1 fully saturated rings. The van der Waals surface area contributed by atoms with Crippen LogP contribution >= 0.6 is 0 Å². The molecule has 0 aromatic carbocycles. The number of nitrogens with zero attached hydrogens (tertiary/aromatic N) is 3. The van der Waals surface area contributed by atoms with Crippen molar-refractivity contribution < 1.29 is 4.79 Å². The predicted molar refractivity (Wildman–Crippen MR) is 87.5 cm³/mol. The SMILES string of the molecule is CCC(CC)(CN)C(=O)NC1CCCN(c2ncccn2)C1. The lowest BCUT2D eigenvalue weighted by Gasteiger charge is -2.36. The molecule has 122 valence electrons. The average Bonchev–Trinajstić information content (AvgIpc) is 2.58. The second-order valence-electron chi connectivity index (χ2n) is 6.00. The van der Waals surface area contributed by atoms with Gasteiger partial charge in [-0.25, -0.2) is 9.97 Å². The van der Waals surface area contributed by atoms with Gasteiger partial charge in [-0.05, 0) is 31.7 Å². The molecule has 0 bridgehead atoms. The van der Waals surface area contributed by atoms with E-state index in [1.165, 1.54) is 0 Å². The first-order valence-electron chi connectivity index (χ1n) is 8.18. The maximum atomic E-state index is 12.6. The van der Waals surface area contributed by atoms with E-state index in [4.69, 9.17) is 5.73 Å². The van der Waals surface area contributed by atoms with E-state index in [0.717, 1.165) is 44.7 Å². The van der Waals surface area contributed by atoms with Crippen molar-refractivity contribution in [1.82, 2.24) is 15.3 Å². The van der Waals surface area contributed by atoms with Crippen LogP contribution in [0.1, 0.15) is 39.5 Å². The molecule has 0 radical (unpaired) electrons. The summed E-state index contributed by atoms with van der Waals surface area (Å²) in [5.74, 6) is 0.818. The Kier molecular flexibility index (Phi) is 5.71. The highest BCUT2D eigenvalue weighted by Gasteiger charge is 2.35. The molecule has 2 rings (SSSR count). The second kappa shape index (κ2) is 7.54. The molecule has 0 spiro atoms. The molecular formula is C16H27N5O. The third kappa shape index (κ3) is 3.55. The molecule has 2 heterocycles. The van der Waals surface area contributed by atoms with Gasteiger partial charge in [0.05, 0.1) is 5.41 Å². The molecule has 6 heteroatoms. The quantitative estimate of drug-likeness (QED) is 0.828. The Morgan fingerprint density at radius 1 is 1.41 bits per heavy atom. The predicted octanol–water partition coefficient (Wildman–Crippen LogP) is 1.33. The van der Waals surface area contributed by atoms with E-state index in [0.29, 0.717) is 6.54 Å². The first kappa shape index (κ1) is 16.7. The largest absolute Gasteiger partial charge is 0.351 e. The summed E-state index contributed by atoms with van der Waals surface area (Å²) in [7, 11) is 0. The van der Waals surface area contributed by atoms with Crippen LogP contribution in [0.25, 0.3) is 0 Å². The summed E-state index contributed by atoms with van der Waals surface area (Å²) in [5, 5.41) is 3.20. The molecule has 1 saturated heterocycles. The lowest BCUT2D eigenvalue weighted by molar-refractivity contribution is -0.131. The number of nitrogens with two attached hydrogens (primary N) is 1. The Balaban J connectivity index is 2.00. The van der Waals surface area contributed by atoms with E-state index in [1.54, 1.807) is 12.4 Å². The van der Waals surface area contributed by atoms with Crippen LogP contribution in [0.15, 0.2) is 18.5 Å². The molecular weight excluding hydrogens is 278 g/mol. The first-order chi connectivity index (χ1) is 10.6. The Hall–Kier alpha value is -1.69. The van der Waals surface area contributed by atoms with E-state index in [2.05, 4.69) is 20.2 Å². The summed E-state index contributed by atoms with van der Waals surface area (Å²) in [6.07, 6.45) is 7.05. The van der Waals surface area contributed by atoms with Crippen LogP contribution < -0.4 is 16.0 Å². The third-order valence-corrected chi connectivity index (χ3v) is 4.82. The fraction of sp³-hybridized carbons (Fsp3) is 0.688. The third-order valence-electron chi connectivity index (χ3n) is 4.82. The fourth-order valence-corrected chi connectivity index (χ4v) is 3.02. The highest BCUT2D eigenvalue weighted by Crippen LogP contribution is 2.26. The van der Waals surface area contributed by atoms with Gasteiger partial charge >= 0.3 is 0 Å². The van der Waals surface area contributed by atoms with E-state index in [1.807, 2.05) is 19.9 Å². The summed E-state index contributed by atoms with van der Waals surface area (Å²) in [4.78, 5) is 23.4. The Bertz CT molecular complexity index is 466. The van der Waals surface area contributed by atoms with Gasteiger partial charge in [-0.3, -0.25) is 4.79 Å². The van der Waals surface area contributed by atoms with Crippen molar-refractivity contribution >= 4 is 11.9 Å². The van der Waals surface area contributed by atoms with Crippen molar-refractivity contribution in [3.8, 4) is 0 Å². The number of hydrogen-bond acceptors (Lipinski definition) is 5. The van der Waals surface area contributed by atoms with Crippen LogP contribution in [0.5, 0.6) is 0 Å². The van der Waals surface area contributed by atoms with Crippen LogP contribution in [-0.4, -0.2) is 41.6 Å².